The number of rotatable bonds is 51. The van der Waals surface area contributed by atoms with E-state index in [2.05, 4.69) is 81.5 Å². The van der Waals surface area contributed by atoms with Crippen molar-refractivity contribution < 1.29 is 28.6 Å². The minimum Gasteiger partial charge on any atom is -0.462 e. The van der Waals surface area contributed by atoms with E-state index in [1.54, 1.807) is 0 Å². The standard InChI is InChI=1S/C60H106O6/c1-4-7-10-13-16-19-22-24-26-28-30-32-33-35-38-41-44-47-50-53-59(62)65-56-57(55-64-58(61)52-49-46-43-40-37-21-18-15-12-9-6-3)66-60(63)54-51-48-45-42-39-36-34-31-29-27-25-23-20-17-14-11-8-5-2/h9,12,18,21,28,30-31,34,40,43,57H,4-8,10-11,13-17,19-20,22-27,29,32-33,35-39,41-42,44-56H2,1-3H3/b12-9-,21-18-,30-28-,34-31-,43-40-. The first kappa shape index (κ1) is 63.1. The summed E-state index contributed by atoms with van der Waals surface area (Å²) in [6.07, 6.45) is 68.0. The average molecular weight is 924 g/mol. The van der Waals surface area contributed by atoms with Gasteiger partial charge in [-0.25, -0.2) is 0 Å². The van der Waals surface area contributed by atoms with Crippen LogP contribution >= 0.6 is 0 Å². The van der Waals surface area contributed by atoms with Crippen LogP contribution in [0.1, 0.15) is 284 Å². The molecule has 0 aromatic heterocycles. The molecule has 0 bridgehead atoms. The topological polar surface area (TPSA) is 78.9 Å². The molecule has 0 aliphatic carbocycles. The summed E-state index contributed by atoms with van der Waals surface area (Å²) in [5, 5.41) is 0. The van der Waals surface area contributed by atoms with Crippen LogP contribution < -0.4 is 0 Å². The van der Waals surface area contributed by atoms with Crippen LogP contribution in [0.25, 0.3) is 0 Å². The van der Waals surface area contributed by atoms with E-state index in [1.807, 2.05) is 0 Å². The molecule has 0 aliphatic heterocycles. The zero-order valence-corrected chi connectivity index (χ0v) is 43.7. The molecule has 0 radical (unpaired) electrons. The SMILES string of the molecule is CC/C=C\C/C=C\C/C=C\CCCC(=O)OCC(COC(=O)CCCCCCCCC/C=C\CCCCCCCCCC)OC(=O)CCCCCCC/C=C\CCCCCCCCCCC. The maximum atomic E-state index is 12.8. The highest BCUT2D eigenvalue weighted by atomic mass is 16.6. The Bertz CT molecular complexity index is 1200. The van der Waals surface area contributed by atoms with E-state index in [1.165, 1.54) is 161 Å². The fourth-order valence-corrected chi connectivity index (χ4v) is 7.99. The third-order valence-electron chi connectivity index (χ3n) is 12.2. The monoisotopic (exact) mass is 923 g/mol. The van der Waals surface area contributed by atoms with Crippen molar-refractivity contribution in [2.45, 2.75) is 290 Å². The van der Waals surface area contributed by atoms with Gasteiger partial charge in [-0.2, -0.15) is 0 Å². The fraction of sp³-hybridized carbons (Fsp3) is 0.783. The number of allylic oxidation sites excluding steroid dienone is 10. The number of ether oxygens (including phenoxy) is 3. The fourth-order valence-electron chi connectivity index (χ4n) is 7.99. The van der Waals surface area contributed by atoms with Crippen molar-refractivity contribution >= 4 is 17.9 Å². The van der Waals surface area contributed by atoms with Gasteiger partial charge >= 0.3 is 17.9 Å². The summed E-state index contributed by atoms with van der Waals surface area (Å²) in [6, 6.07) is 0. The molecule has 1 atom stereocenters. The minimum absolute atomic E-state index is 0.0947. The molecule has 0 aliphatic rings. The normalized spacial score (nSPS) is 12.5. The molecule has 0 aromatic rings. The van der Waals surface area contributed by atoms with E-state index in [4.69, 9.17) is 14.2 Å². The second-order valence-corrected chi connectivity index (χ2v) is 18.8. The maximum Gasteiger partial charge on any atom is 0.306 e. The average Bonchev–Trinajstić information content (AvgIpc) is 3.31. The van der Waals surface area contributed by atoms with Crippen molar-refractivity contribution in [1.29, 1.82) is 0 Å². The number of hydrogen-bond donors (Lipinski definition) is 0. The summed E-state index contributed by atoms with van der Waals surface area (Å²) in [5.74, 6) is -0.956. The van der Waals surface area contributed by atoms with Gasteiger partial charge in [0.25, 0.3) is 0 Å². The third-order valence-corrected chi connectivity index (χ3v) is 12.2. The third kappa shape index (κ3) is 52.1. The van der Waals surface area contributed by atoms with E-state index in [-0.39, 0.29) is 37.5 Å². The summed E-state index contributed by atoms with van der Waals surface area (Å²) >= 11 is 0. The first-order valence-corrected chi connectivity index (χ1v) is 28.3. The van der Waals surface area contributed by atoms with E-state index >= 15 is 0 Å². The van der Waals surface area contributed by atoms with Crippen molar-refractivity contribution in [2.24, 2.45) is 0 Å². The summed E-state index contributed by atoms with van der Waals surface area (Å²) < 4.78 is 16.8. The Morgan fingerprint density at radius 1 is 0.318 bits per heavy atom. The van der Waals surface area contributed by atoms with E-state index < -0.39 is 6.10 Å². The van der Waals surface area contributed by atoms with Crippen LogP contribution in [0, 0.1) is 0 Å². The number of carbonyl (C=O) groups is 3. The molecule has 0 spiro atoms. The molecule has 0 N–H and O–H groups in total. The summed E-state index contributed by atoms with van der Waals surface area (Å²) in [4.78, 5) is 38.0. The number of carbonyl (C=O) groups excluding carboxylic acids is 3. The highest BCUT2D eigenvalue weighted by Crippen LogP contribution is 2.15. The first-order valence-electron chi connectivity index (χ1n) is 28.3. The Morgan fingerprint density at radius 3 is 1.00 bits per heavy atom. The van der Waals surface area contributed by atoms with Crippen LogP contribution in [0.15, 0.2) is 60.8 Å². The number of esters is 3. The van der Waals surface area contributed by atoms with Crippen LogP contribution in [0.5, 0.6) is 0 Å². The van der Waals surface area contributed by atoms with E-state index in [0.717, 1.165) is 77.0 Å². The summed E-state index contributed by atoms with van der Waals surface area (Å²) in [7, 11) is 0. The molecule has 1 unspecified atom stereocenters. The number of hydrogen-bond acceptors (Lipinski definition) is 6. The van der Waals surface area contributed by atoms with Crippen molar-refractivity contribution in [3.63, 3.8) is 0 Å². The Balaban J connectivity index is 4.36. The van der Waals surface area contributed by atoms with Gasteiger partial charge in [-0.1, -0.05) is 229 Å². The van der Waals surface area contributed by atoms with Crippen molar-refractivity contribution in [3.8, 4) is 0 Å². The molecule has 382 valence electrons. The Labute approximate surface area is 409 Å². The molecule has 0 amide bonds. The molecule has 0 rings (SSSR count). The van der Waals surface area contributed by atoms with E-state index in [9.17, 15) is 14.4 Å². The van der Waals surface area contributed by atoms with Gasteiger partial charge in [-0.3, -0.25) is 14.4 Å². The molecule has 0 saturated carbocycles. The van der Waals surface area contributed by atoms with Crippen molar-refractivity contribution in [1.82, 2.24) is 0 Å². The smallest absolute Gasteiger partial charge is 0.306 e. The molecule has 0 heterocycles. The van der Waals surface area contributed by atoms with Crippen LogP contribution in [-0.2, 0) is 28.6 Å². The van der Waals surface area contributed by atoms with Crippen LogP contribution in [0.3, 0.4) is 0 Å². The molecule has 66 heavy (non-hydrogen) atoms. The Morgan fingerprint density at radius 2 is 0.606 bits per heavy atom. The maximum absolute atomic E-state index is 12.8. The lowest BCUT2D eigenvalue weighted by atomic mass is 10.1. The van der Waals surface area contributed by atoms with Crippen molar-refractivity contribution in [2.75, 3.05) is 13.2 Å². The second-order valence-electron chi connectivity index (χ2n) is 18.8. The summed E-state index contributed by atoms with van der Waals surface area (Å²) in [5.41, 5.74) is 0. The first-order chi connectivity index (χ1) is 32.5. The lowest BCUT2D eigenvalue weighted by molar-refractivity contribution is -0.167. The van der Waals surface area contributed by atoms with Gasteiger partial charge in [0.05, 0.1) is 0 Å². The number of unbranched alkanes of at least 4 members (excludes halogenated alkanes) is 30. The highest BCUT2D eigenvalue weighted by molar-refractivity contribution is 5.71. The van der Waals surface area contributed by atoms with E-state index in [0.29, 0.717) is 19.3 Å². The van der Waals surface area contributed by atoms with Crippen LogP contribution in [0.4, 0.5) is 0 Å². The van der Waals surface area contributed by atoms with Gasteiger partial charge in [0.1, 0.15) is 13.2 Å². The Kier molecular flexibility index (Phi) is 52.3. The van der Waals surface area contributed by atoms with Gasteiger partial charge in [0.15, 0.2) is 6.10 Å². The zero-order valence-electron chi connectivity index (χ0n) is 43.7. The van der Waals surface area contributed by atoms with Gasteiger partial charge in [0.2, 0.25) is 0 Å². The second kappa shape index (κ2) is 54.7. The van der Waals surface area contributed by atoms with Crippen molar-refractivity contribution in [3.05, 3.63) is 60.8 Å². The van der Waals surface area contributed by atoms with Crippen LogP contribution in [0.2, 0.25) is 0 Å². The van der Waals surface area contributed by atoms with Gasteiger partial charge in [0, 0.05) is 19.3 Å². The lowest BCUT2D eigenvalue weighted by Crippen LogP contribution is -2.30. The lowest BCUT2D eigenvalue weighted by Gasteiger charge is -2.18. The summed E-state index contributed by atoms with van der Waals surface area (Å²) in [6.45, 7) is 6.49. The molecule has 0 aromatic carbocycles. The molecule has 6 nitrogen and oxygen atoms in total. The van der Waals surface area contributed by atoms with Gasteiger partial charge in [-0.05, 0) is 96.3 Å². The molecule has 0 saturated heterocycles. The Hall–Kier alpha value is -2.89. The molecular weight excluding hydrogens is 817 g/mol. The predicted molar refractivity (Wildman–Crippen MR) is 284 cm³/mol. The largest absolute Gasteiger partial charge is 0.462 e. The zero-order chi connectivity index (χ0) is 47.9. The van der Waals surface area contributed by atoms with Crippen LogP contribution in [-0.4, -0.2) is 37.2 Å². The molecule has 6 heteroatoms. The van der Waals surface area contributed by atoms with Gasteiger partial charge in [-0.15, -0.1) is 0 Å². The quantitative estimate of drug-likeness (QED) is 0.0262. The molecular formula is C60H106O6. The predicted octanol–water partition coefficient (Wildman–Crippen LogP) is 18.8. The van der Waals surface area contributed by atoms with Gasteiger partial charge < -0.3 is 14.2 Å². The minimum atomic E-state index is -0.799. The molecule has 0 fully saturated rings. The highest BCUT2D eigenvalue weighted by Gasteiger charge is 2.19.